The maximum Gasteiger partial charge on any atom is 0.255 e. The second kappa shape index (κ2) is 10.8. The molecule has 0 aliphatic heterocycles. The molecule has 196 valence electrons. The van der Waals surface area contributed by atoms with E-state index in [2.05, 4.69) is 25.6 Å². The Morgan fingerprint density at radius 2 is 1.81 bits per heavy atom. The largest absolute Gasteiger partial charge is 0.497 e. The number of nitrogens with zero attached hydrogens (tertiary/aromatic N) is 2. The predicted octanol–water partition coefficient (Wildman–Crippen LogP) is 2.88. The summed E-state index contributed by atoms with van der Waals surface area (Å²) in [4.78, 5) is 37.2. The molecular weight excluding hydrogens is 474 g/mol. The first kappa shape index (κ1) is 25.0. The molecule has 0 spiro atoms. The summed E-state index contributed by atoms with van der Waals surface area (Å²) >= 11 is 0. The molecule has 0 bridgehead atoms. The fourth-order valence-electron chi connectivity index (χ4n) is 4.96. The van der Waals surface area contributed by atoms with Gasteiger partial charge in [0.2, 0.25) is 5.91 Å². The van der Waals surface area contributed by atoms with Crippen LogP contribution >= 0.6 is 0 Å². The highest BCUT2D eigenvalue weighted by Crippen LogP contribution is 2.38. The minimum Gasteiger partial charge on any atom is -0.497 e. The number of aryl methyl sites for hydroxylation is 1. The van der Waals surface area contributed by atoms with Crippen molar-refractivity contribution in [3.05, 3.63) is 35.8 Å². The van der Waals surface area contributed by atoms with Crippen molar-refractivity contribution in [2.24, 2.45) is 5.92 Å². The van der Waals surface area contributed by atoms with Crippen LogP contribution in [0, 0.1) is 12.8 Å². The number of hydrogen-bond acceptors (Lipinski definition) is 7. The average molecular weight is 508 g/mol. The van der Waals surface area contributed by atoms with E-state index in [4.69, 9.17) is 14.6 Å². The van der Waals surface area contributed by atoms with Gasteiger partial charge in [-0.3, -0.25) is 9.59 Å². The number of H-pyrrole nitrogens is 1. The number of fused-ring (bicyclic) bond motifs is 1. The molecule has 5 rings (SSSR count). The third-order valence-corrected chi connectivity index (χ3v) is 7.18. The molecule has 2 aromatic heterocycles. The van der Waals surface area contributed by atoms with Crippen LogP contribution in [-0.4, -0.2) is 64.3 Å². The fourth-order valence-corrected chi connectivity index (χ4v) is 4.96. The van der Waals surface area contributed by atoms with Crippen LogP contribution < -0.4 is 20.1 Å². The van der Waals surface area contributed by atoms with Gasteiger partial charge in [-0.15, -0.1) is 0 Å². The number of benzene rings is 1. The number of aromatic nitrogens is 3. The van der Waals surface area contributed by atoms with Crippen LogP contribution in [0.4, 0.5) is 0 Å². The smallest absolute Gasteiger partial charge is 0.255 e. The Morgan fingerprint density at radius 1 is 1.08 bits per heavy atom. The van der Waals surface area contributed by atoms with Crippen LogP contribution in [0.1, 0.15) is 54.6 Å². The second-order valence-electron chi connectivity index (χ2n) is 9.93. The van der Waals surface area contributed by atoms with Crippen LogP contribution in [0.5, 0.6) is 11.5 Å². The Kier molecular flexibility index (Phi) is 7.27. The predicted molar refractivity (Wildman–Crippen MR) is 138 cm³/mol. The molecule has 2 amide bonds. The Morgan fingerprint density at radius 3 is 2.49 bits per heavy atom. The van der Waals surface area contributed by atoms with E-state index in [9.17, 15) is 9.59 Å². The maximum atomic E-state index is 13.4. The summed E-state index contributed by atoms with van der Waals surface area (Å²) < 4.78 is 11.6. The summed E-state index contributed by atoms with van der Waals surface area (Å²) in [6.07, 6.45) is 6.84. The van der Waals surface area contributed by atoms with Gasteiger partial charge in [0.15, 0.2) is 0 Å². The molecule has 0 radical (unpaired) electrons. The summed E-state index contributed by atoms with van der Waals surface area (Å²) in [5.74, 6) is 1.45. The van der Waals surface area contributed by atoms with Crippen molar-refractivity contribution in [2.45, 2.75) is 57.5 Å². The van der Waals surface area contributed by atoms with Crippen molar-refractivity contribution >= 4 is 22.8 Å². The van der Waals surface area contributed by atoms with Crippen LogP contribution in [0.15, 0.2) is 24.5 Å². The van der Waals surface area contributed by atoms with E-state index < -0.39 is 6.61 Å². The number of methoxy groups -OCH3 is 1. The molecule has 2 fully saturated rings. The van der Waals surface area contributed by atoms with Gasteiger partial charge in [0.25, 0.3) is 5.91 Å². The lowest BCUT2D eigenvalue weighted by Crippen LogP contribution is -2.44. The van der Waals surface area contributed by atoms with Gasteiger partial charge >= 0.3 is 0 Å². The molecule has 0 unspecified atom stereocenters. The van der Waals surface area contributed by atoms with Crippen LogP contribution in [-0.2, 0) is 4.79 Å². The summed E-state index contributed by atoms with van der Waals surface area (Å²) in [6.45, 7) is 2.01. The van der Waals surface area contributed by atoms with E-state index in [1.54, 1.807) is 7.11 Å². The second-order valence-corrected chi connectivity index (χ2v) is 9.93. The van der Waals surface area contributed by atoms with Crippen molar-refractivity contribution in [2.75, 3.05) is 20.3 Å². The van der Waals surface area contributed by atoms with E-state index in [1.807, 2.05) is 25.1 Å². The molecule has 2 heterocycles. The SMILES string of the molecule is COc1ccc(OCC2CC2)c(-c2ncnc3c(C(=O)N[C@H]4CC[C@@H](NC(=O)CO)CC4)c(C)[nH]c23)c1. The van der Waals surface area contributed by atoms with E-state index >= 15 is 0 Å². The molecule has 2 saturated carbocycles. The van der Waals surface area contributed by atoms with Gasteiger partial charge in [0.1, 0.15) is 35.6 Å². The van der Waals surface area contributed by atoms with Gasteiger partial charge in [0, 0.05) is 23.3 Å². The van der Waals surface area contributed by atoms with Crippen molar-refractivity contribution in [1.29, 1.82) is 0 Å². The number of rotatable bonds is 9. The highest BCUT2D eigenvalue weighted by Gasteiger charge is 2.27. The Balaban J connectivity index is 1.38. The number of hydrogen-bond donors (Lipinski definition) is 4. The Bertz CT molecular complexity index is 1290. The molecule has 0 saturated heterocycles. The first-order valence-corrected chi connectivity index (χ1v) is 12.8. The van der Waals surface area contributed by atoms with Crippen LogP contribution in [0.2, 0.25) is 0 Å². The first-order chi connectivity index (χ1) is 18.0. The van der Waals surface area contributed by atoms with Crippen LogP contribution in [0.3, 0.4) is 0 Å². The number of nitrogens with one attached hydrogen (secondary N) is 3. The fraction of sp³-hybridized carbons (Fsp3) is 0.481. The quantitative estimate of drug-likeness (QED) is 0.349. The Hall–Kier alpha value is -3.66. The topological polar surface area (TPSA) is 138 Å². The number of carbonyl (C=O) groups is 2. The zero-order valence-electron chi connectivity index (χ0n) is 21.2. The van der Waals surface area contributed by atoms with Gasteiger partial charge in [0.05, 0.1) is 24.8 Å². The number of amides is 2. The molecular formula is C27H33N5O5. The van der Waals surface area contributed by atoms with Crippen molar-refractivity contribution in [1.82, 2.24) is 25.6 Å². The average Bonchev–Trinajstić information content (AvgIpc) is 3.67. The lowest BCUT2D eigenvalue weighted by molar-refractivity contribution is -0.124. The normalized spacial score (nSPS) is 19.4. The summed E-state index contributed by atoms with van der Waals surface area (Å²) in [6, 6.07) is 5.69. The van der Waals surface area contributed by atoms with Gasteiger partial charge in [-0.25, -0.2) is 9.97 Å². The van der Waals surface area contributed by atoms with Crippen LogP contribution in [0.25, 0.3) is 22.3 Å². The highest BCUT2D eigenvalue weighted by molar-refractivity contribution is 6.09. The van der Waals surface area contributed by atoms with Crippen molar-refractivity contribution in [3.63, 3.8) is 0 Å². The molecule has 10 nitrogen and oxygen atoms in total. The zero-order chi connectivity index (χ0) is 25.9. The van der Waals surface area contributed by atoms with E-state index in [-0.39, 0.29) is 23.9 Å². The molecule has 37 heavy (non-hydrogen) atoms. The van der Waals surface area contributed by atoms with E-state index in [1.165, 1.54) is 19.2 Å². The lowest BCUT2D eigenvalue weighted by Gasteiger charge is -2.29. The van der Waals surface area contributed by atoms with E-state index in [0.29, 0.717) is 46.3 Å². The van der Waals surface area contributed by atoms with Gasteiger partial charge in [-0.05, 0) is 69.6 Å². The number of carbonyl (C=O) groups excluding carboxylic acids is 2. The summed E-state index contributed by atoms with van der Waals surface area (Å²) in [5.41, 5.74) is 3.87. The maximum absolute atomic E-state index is 13.4. The highest BCUT2D eigenvalue weighted by atomic mass is 16.5. The zero-order valence-corrected chi connectivity index (χ0v) is 21.2. The van der Waals surface area contributed by atoms with Gasteiger partial charge in [-0.2, -0.15) is 0 Å². The Labute approximate surface area is 215 Å². The monoisotopic (exact) mass is 507 g/mol. The first-order valence-electron chi connectivity index (χ1n) is 12.8. The number of aromatic amines is 1. The molecule has 2 aliphatic carbocycles. The molecule has 4 N–H and O–H groups in total. The van der Waals surface area contributed by atoms with Crippen molar-refractivity contribution in [3.8, 4) is 22.8 Å². The van der Waals surface area contributed by atoms with Gasteiger partial charge < -0.3 is 30.2 Å². The third kappa shape index (κ3) is 5.53. The molecule has 10 heteroatoms. The molecule has 3 aromatic rings. The minimum atomic E-state index is -0.510. The minimum absolute atomic E-state index is 0.00115. The summed E-state index contributed by atoms with van der Waals surface area (Å²) in [5, 5.41) is 14.9. The number of aliphatic hydroxyl groups excluding tert-OH is 1. The molecule has 2 aliphatic rings. The lowest BCUT2D eigenvalue weighted by atomic mass is 9.91. The third-order valence-electron chi connectivity index (χ3n) is 7.18. The number of ether oxygens (including phenoxy) is 2. The standard InChI is InChI=1S/C27H33N5O5/c1-15-23(27(35)32-18-7-5-17(6-8-18)31-22(34)12-33)25-26(30-15)24(28-14-29-25)20-11-19(36-2)9-10-21(20)37-13-16-3-4-16/h9-11,14,16-18,30,33H,3-8,12-13H2,1-2H3,(H,31,34)(H,32,35)/t17-,18+. The summed E-state index contributed by atoms with van der Waals surface area (Å²) in [7, 11) is 1.62. The molecule has 1 aromatic carbocycles. The van der Waals surface area contributed by atoms with Crippen molar-refractivity contribution < 1.29 is 24.2 Å². The van der Waals surface area contributed by atoms with Gasteiger partial charge in [-0.1, -0.05) is 0 Å². The number of aliphatic hydroxyl groups is 1. The van der Waals surface area contributed by atoms with E-state index in [0.717, 1.165) is 37.0 Å². The molecule has 0 atom stereocenters.